The van der Waals surface area contributed by atoms with Crippen LogP contribution in [0.15, 0.2) is 41.3 Å². The molecule has 7 heteroatoms. The molecule has 28 heavy (non-hydrogen) atoms. The maximum Gasteiger partial charge on any atom is 0.241 e. The maximum atomic E-state index is 12.9. The average Bonchev–Trinajstić information content (AvgIpc) is 2.68. The third kappa shape index (κ3) is 4.49. The van der Waals surface area contributed by atoms with Gasteiger partial charge in [-0.25, -0.2) is 13.1 Å². The van der Waals surface area contributed by atoms with Crippen LogP contribution in [-0.4, -0.2) is 56.8 Å². The summed E-state index contributed by atoms with van der Waals surface area (Å²) in [5.74, 6) is 0.627. The number of β-amino-alcohol motifs (C(OH)–C–C–N with tert-alkyl or cyclic N) is 1. The molecule has 154 valence electrons. The quantitative estimate of drug-likeness (QED) is 0.739. The number of methoxy groups -OCH3 is 1. The van der Waals surface area contributed by atoms with Gasteiger partial charge in [0.15, 0.2) is 0 Å². The van der Waals surface area contributed by atoms with Crippen LogP contribution in [0.5, 0.6) is 5.75 Å². The number of fused-ring (bicyclic) bond motifs is 1. The van der Waals surface area contributed by atoms with Crippen LogP contribution in [0.3, 0.4) is 0 Å². The predicted octanol–water partition coefficient (Wildman–Crippen LogP) is 2.75. The van der Waals surface area contributed by atoms with E-state index in [9.17, 15) is 13.5 Å². The van der Waals surface area contributed by atoms with Gasteiger partial charge in [-0.05, 0) is 38.8 Å². The van der Waals surface area contributed by atoms with Gasteiger partial charge in [-0.3, -0.25) is 4.90 Å². The standard InChI is InChI=1S/C21H30N2O4S/c1-15-7-4-8-16(2)23(15)14-17(24)13-22-28(25,26)21-12-6-9-18-19(21)10-5-11-20(18)27-3/h5-6,9-12,15-17,22,24H,4,7-8,13-14H2,1-3H3/t15-,16+,17-/m0/s1. The first kappa shape index (κ1) is 21.0. The summed E-state index contributed by atoms with van der Waals surface area (Å²) >= 11 is 0. The van der Waals surface area contributed by atoms with E-state index in [4.69, 9.17) is 4.74 Å². The molecule has 6 nitrogen and oxygen atoms in total. The monoisotopic (exact) mass is 406 g/mol. The molecule has 1 aliphatic heterocycles. The third-order valence-corrected chi connectivity index (χ3v) is 7.14. The molecule has 0 spiro atoms. The molecule has 0 unspecified atom stereocenters. The van der Waals surface area contributed by atoms with Gasteiger partial charge in [-0.2, -0.15) is 0 Å². The maximum absolute atomic E-state index is 12.9. The number of nitrogens with zero attached hydrogens (tertiary/aromatic N) is 1. The van der Waals surface area contributed by atoms with E-state index in [1.165, 1.54) is 6.42 Å². The fourth-order valence-electron chi connectivity index (χ4n) is 4.09. The molecule has 0 radical (unpaired) electrons. The van der Waals surface area contributed by atoms with Crippen molar-refractivity contribution in [1.82, 2.24) is 9.62 Å². The Balaban J connectivity index is 1.73. The fraction of sp³-hybridized carbons (Fsp3) is 0.524. The molecule has 1 aliphatic rings. The Hall–Kier alpha value is -1.67. The Morgan fingerprint density at radius 3 is 2.46 bits per heavy atom. The second-order valence-corrected chi connectivity index (χ2v) is 9.38. The molecule has 0 saturated carbocycles. The molecule has 2 aromatic rings. The predicted molar refractivity (Wildman–Crippen MR) is 111 cm³/mol. The molecule has 3 atom stereocenters. The van der Waals surface area contributed by atoms with Crippen LogP contribution in [-0.2, 0) is 10.0 Å². The van der Waals surface area contributed by atoms with Gasteiger partial charge in [0, 0.05) is 35.9 Å². The SMILES string of the molecule is COc1cccc2c(S(=O)(=O)NC[C@H](O)CN3[C@H](C)CCC[C@@H]3C)cccc12. The second-order valence-electron chi connectivity index (χ2n) is 7.64. The molecule has 2 N–H and O–H groups in total. The van der Waals surface area contributed by atoms with E-state index in [1.807, 2.05) is 6.07 Å². The van der Waals surface area contributed by atoms with Crippen LogP contribution >= 0.6 is 0 Å². The number of piperidine rings is 1. The fourth-order valence-corrected chi connectivity index (χ4v) is 5.38. The summed E-state index contributed by atoms with van der Waals surface area (Å²) in [6, 6.07) is 11.3. The lowest BCUT2D eigenvalue weighted by atomic mass is 9.97. The molecule has 1 heterocycles. The number of rotatable bonds is 7. The highest BCUT2D eigenvalue weighted by Gasteiger charge is 2.27. The number of aliphatic hydroxyl groups is 1. The first-order chi connectivity index (χ1) is 13.3. The number of likely N-dealkylation sites (tertiary alicyclic amines) is 1. The summed E-state index contributed by atoms with van der Waals surface area (Å²) in [6.07, 6.45) is 2.66. The lowest BCUT2D eigenvalue weighted by molar-refractivity contribution is 0.0438. The molecule has 0 amide bonds. The Morgan fingerprint density at radius 1 is 1.14 bits per heavy atom. The normalized spacial score (nSPS) is 22.3. The summed E-state index contributed by atoms with van der Waals surface area (Å²) in [4.78, 5) is 2.46. The van der Waals surface area contributed by atoms with Crippen LogP contribution in [0.2, 0.25) is 0 Å². The van der Waals surface area contributed by atoms with Crippen molar-refractivity contribution in [3.05, 3.63) is 36.4 Å². The molecule has 0 bridgehead atoms. The molecule has 1 saturated heterocycles. The van der Waals surface area contributed by atoms with E-state index in [0.717, 1.165) is 18.2 Å². The number of ether oxygens (including phenoxy) is 1. The summed E-state index contributed by atoms with van der Waals surface area (Å²) in [7, 11) is -2.20. The minimum absolute atomic E-state index is 0.0152. The lowest BCUT2D eigenvalue weighted by Crippen LogP contribution is -2.49. The zero-order valence-corrected chi connectivity index (χ0v) is 17.6. The number of nitrogens with one attached hydrogen (secondary N) is 1. The summed E-state index contributed by atoms with van der Waals surface area (Å²) in [5, 5.41) is 11.8. The van der Waals surface area contributed by atoms with Crippen molar-refractivity contribution in [1.29, 1.82) is 0 Å². The topological polar surface area (TPSA) is 78.9 Å². The van der Waals surface area contributed by atoms with Gasteiger partial charge in [-0.15, -0.1) is 0 Å². The van der Waals surface area contributed by atoms with E-state index < -0.39 is 16.1 Å². The van der Waals surface area contributed by atoms with E-state index in [0.29, 0.717) is 29.8 Å². The van der Waals surface area contributed by atoms with Gasteiger partial charge in [0.05, 0.1) is 18.1 Å². The number of sulfonamides is 1. The highest BCUT2D eigenvalue weighted by atomic mass is 32.2. The molecular formula is C21H30N2O4S. The minimum Gasteiger partial charge on any atom is -0.496 e. The molecule has 2 aromatic carbocycles. The third-order valence-electron chi connectivity index (χ3n) is 5.66. The summed E-state index contributed by atoms with van der Waals surface area (Å²) in [5.41, 5.74) is 0. The minimum atomic E-state index is -3.76. The first-order valence-electron chi connectivity index (χ1n) is 9.82. The number of hydrogen-bond acceptors (Lipinski definition) is 5. The highest BCUT2D eigenvalue weighted by Crippen LogP contribution is 2.30. The van der Waals surface area contributed by atoms with Crippen molar-refractivity contribution in [2.75, 3.05) is 20.2 Å². The van der Waals surface area contributed by atoms with Crippen molar-refractivity contribution in [3.8, 4) is 5.75 Å². The Labute approximate surface area is 167 Å². The van der Waals surface area contributed by atoms with Crippen LogP contribution < -0.4 is 9.46 Å². The smallest absolute Gasteiger partial charge is 0.241 e. The molecule has 1 fully saturated rings. The Morgan fingerprint density at radius 2 is 1.79 bits per heavy atom. The van der Waals surface area contributed by atoms with Crippen LogP contribution in [0.1, 0.15) is 33.1 Å². The lowest BCUT2D eigenvalue weighted by Gasteiger charge is -2.40. The van der Waals surface area contributed by atoms with Crippen molar-refractivity contribution in [2.24, 2.45) is 0 Å². The zero-order chi connectivity index (χ0) is 20.3. The average molecular weight is 407 g/mol. The van der Waals surface area contributed by atoms with Crippen LogP contribution in [0, 0.1) is 0 Å². The van der Waals surface area contributed by atoms with E-state index >= 15 is 0 Å². The van der Waals surface area contributed by atoms with Crippen molar-refractivity contribution >= 4 is 20.8 Å². The van der Waals surface area contributed by atoms with E-state index in [2.05, 4.69) is 23.5 Å². The number of benzene rings is 2. The van der Waals surface area contributed by atoms with Crippen molar-refractivity contribution < 1.29 is 18.3 Å². The van der Waals surface area contributed by atoms with E-state index in [1.54, 1.807) is 37.4 Å². The summed E-state index contributed by atoms with van der Waals surface area (Å²) < 4.78 is 33.7. The van der Waals surface area contributed by atoms with Gasteiger partial charge in [0.2, 0.25) is 10.0 Å². The molecule has 3 rings (SSSR count). The number of hydrogen-bond donors (Lipinski definition) is 2. The second kappa shape index (κ2) is 8.78. The van der Waals surface area contributed by atoms with Gasteiger partial charge < -0.3 is 9.84 Å². The first-order valence-corrected chi connectivity index (χ1v) is 11.3. The Kier molecular flexibility index (Phi) is 6.60. The Bertz CT molecular complexity index is 906. The van der Waals surface area contributed by atoms with Gasteiger partial charge in [-0.1, -0.05) is 30.7 Å². The molecular weight excluding hydrogens is 376 g/mol. The molecule has 0 aromatic heterocycles. The zero-order valence-electron chi connectivity index (χ0n) is 16.8. The number of aliphatic hydroxyl groups excluding tert-OH is 1. The van der Waals surface area contributed by atoms with Gasteiger partial charge in [0.25, 0.3) is 0 Å². The van der Waals surface area contributed by atoms with Crippen molar-refractivity contribution in [2.45, 2.75) is 56.2 Å². The summed E-state index contributed by atoms with van der Waals surface area (Å²) in [6.45, 7) is 4.78. The highest BCUT2D eigenvalue weighted by molar-refractivity contribution is 7.89. The molecule has 0 aliphatic carbocycles. The van der Waals surface area contributed by atoms with Crippen LogP contribution in [0.25, 0.3) is 10.8 Å². The van der Waals surface area contributed by atoms with Gasteiger partial charge in [0.1, 0.15) is 5.75 Å². The van der Waals surface area contributed by atoms with Crippen molar-refractivity contribution in [3.63, 3.8) is 0 Å². The largest absolute Gasteiger partial charge is 0.496 e. The van der Waals surface area contributed by atoms with Gasteiger partial charge >= 0.3 is 0 Å². The van der Waals surface area contributed by atoms with E-state index in [-0.39, 0.29) is 11.4 Å². The van der Waals surface area contributed by atoms with Crippen LogP contribution in [0.4, 0.5) is 0 Å².